The van der Waals surface area contributed by atoms with Gasteiger partial charge in [0.15, 0.2) is 0 Å². The summed E-state index contributed by atoms with van der Waals surface area (Å²) < 4.78 is 0. The van der Waals surface area contributed by atoms with Crippen LogP contribution in [0.1, 0.15) is 6.42 Å². The fourth-order valence-corrected chi connectivity index (χ4v) is 1.28. The van der Waals surface area contributed by atoms with Crippen LogP contribution >= 0.6 is 39.1 Å². The molecule has 1 atom stereocenters. The van der Waals surface area contributed by atoms with Gasteiger partial charge in [-0.05, 0) is 6.42 Å². The second kappa shape index (κ2) is 5.20. The Morgan fingerprint density at radius 2 is 2.14 bits per heavy atom. The third kappa shape index (κ3) is 4.92. The topological polar surface area (TPSA) is 0 Å². The van der Waals surface area contributed by atoms with E-state index in [9.17, 15) is 0 Å². The van der Waals surface area contributed by atoms with E-state index in [2.05, 4.69) is 15.9 Å². The average molecular weight is 206 g/mol. The molecule has 44 valence electrons. The average Bonchev–Trinajstić information content (AvgIpc) is 1.68. The highest BCUT2D eigenvalue weighted by molar-refractivity contribution is 9.09. The third-order valence-corrected chi connectivity index (χ3v) is 1.95. The van der Waals surface area contributed by atoms with Gasteiger partial charge in [-0.1, -0.05) is 15.9 Å². The summed E-state index contributed by atoms with van der Waals surface area (Å²) in [6, 6.07) is 0. The second-order valence-corrected chi connectivity index (χ2v) is 2.95. The van der Waals surface area contributed by atoms with E-state index >= 15 is 0 Å². The maximum absolute atomic E-state index is 5.60. The Bertz CT molecular complexity index is 40.7. The molecule has 0 saturated carbocycles. The lowest BCUT2D eigenvalue weighted by Gasteiger charge is -1.97. The van der Waals surface area contributed by atoms with Crippen molar-refractivity contribution in [3.05, 3.63) is 0 Å². The molecule has 3 heteroatoms. The third-order valence-electron chi connectivity index (χ3n) is 0.590. The molecule has 7 heavy (non-hydrogen) atoms. The normalized spacial score (nSPS) is 14.1. The first-order valence-electron chi connectivity index (χ1n) is 2.07. The summed E-state index contributed by atoms with van der Waals surface area (Å²) in [5.41, 5.74) is 0. The molecule has 0 aromatic rings. The van der Waals surface area contributed by atoms with Gasteiger partial charge in [0.2, 0.25) is 0 Å². The smallest absolute Gasteiger partial charge is 0.0479 e. The summed E-state index contributed by atoms with van der Waals surface area (Å²) >= 11 is 14.2. The Hall–Kier alpha value is 1.06. The highest BCUT2D eigenvalue weighted by atomic mass is 79.9. The van der Waals surface area contributed by atoms with Crippen LogP contribution < -0.4 is 0 Å². The van der Waals surface area contributed by atoms with Crippen LogP contribution in [0.2, 0.25) is 0 Å². The van der Waals surface area contributed by atoms with Gasteiger partial charge in [-0.2, -0.15) is 0 Å². The van der Waals surface area contributed by atoms with Gasteiger partial charge >= 0.3 is 0 Å². The van der Waals surface area contributed by atoms with E-state index in [0.717, 1.165) is 11.8 Å². The van der Waals surface area contributed by atoms with Crippen LogP contribution in [0.15, 0.2) is 0 Å². The SMILES string of the molecule is ClC[C@H](Cl)CCBr. The number of rotatable bonds is 3. The minimum atomic E-state index is 0.140. The van der Waals surface area contributed by atoms with Crippen molar-refractivity contribution in [3.63, 3.8) is 0 Å². The molecule has 0 aromatic heterocycles. The zero-order chi connectivity index (χ0) is 5.70. The highest BCUT2D eigenvalue weighted by Crippen LogP contribution is 2.05. The van der Waals surface area contributed by atoms with Gasteiger partial charge in [-0.3, -0.25) is 0 Å². The lowest BCUT2D eigenvalue weighted by molar-refractivity contribution is 0.918. The standard InChI is InChI=1S/C4H7BrCl2/c5-2-1-4(7)3-6/h4H,1-3H2/t4-/m1/s1. The van der Waals surface area contributed by atoms with Crippen molar-refractivity contribution >= 4 is 39.1 Å². The molecule has 0 nitrogen and oxygen atoms in total. The number of hydrogen-bond donors (Lipinski definition) is 0. The van der Waals surface area contributed by atoms with E-state index in [1.54, 1.807) is 0 Å². The molecule has 0 unspecified atom stereocenters. The molecule has 0 fully saturated rings. The van der Waals surface area contributed by atoms with Crippen molar-refractivity contribution in [2.45, 2.75) is 11.8 Å². The Morgan fingerprint density at radius 1 is 1.57 bits per heavy atom. The lowest BCUT2D eigenvalue weighted by Crippen LogP contribution is -1.99. The van der Waals surface area contributed by atoms with Crippen LogP contribution in [-0.2, 0) is 0 Å². The number of hydrogen-bond acceptors (Lipinski definition) is 0. The first-order valence-corrected chi connectivity index (χ1v) is 4.16. The molecule has 0 spiro atoms. The van der Waals surface area contributed by atoms with Gasteiger partial charge in [-0.25, -0.2) is 0 Å². The van der Waals surface area contributed by atoms with E-state index in [0.29, 0.717) is 5.88 Å². The molecular weight excluding hydrogens is 199 g/mol. The van der Waals surface area contributed by atoms with Crippen molar-refractivity contribution in [2.75, 3.05) is 11.2 Å². The summed E-state index contributed by atoms with van der Waals surface area (Å²) in [7, 11) is 0. The van der Waals surface area contributed by atoms with Gasteiger partial charge in [0.05, 0.1) is 0 Å². The van der Waals surface area contributed by atoms with E-state index in [-0.39, 0.29) is 5.38 Å². The Labute approximate surface area is 62.3 Å². The molecule has 0 aliphatic rings. The number of halogens is 3. The number of alkyl halides is 3. The molecule has 0 N–H and O–H groups in total. The van der Waals surface area contributed by atoms with Crippen molar-refractivity contribution in [1.29, 1.82) is 0 Å². The molecule has 0 heterocycles. The monoisotopic (exact) mass is 204 g/mol. The molecule has 0 rings (SSSR count). The molecule has 0 amide bonds. The van der Waals surface area contributed by atoms with Crippen molar-refractivity contribution in [2.24, 2.45) is 0 Å². The molecule has 0 bridgehead atoms. The first-order chi connectivity index (χ1) is 3.31. The summed E-state index contributed by atoms with van der Waals surface area (Å²) in [5, 5.41) is 1.08. The Kier molecular flexibility index (Phi) is 5.99. The summed E-state index contributed by atoms with van der Waals surface area (Å²) in [6.07, 6.45) is 0.949. The highest BCUT2D eigenvalue weighted by Gasteiger charge is 1.97. The second-order valence-electron chi connectivity index (χ2n) is 1.23. The lowest BCUT2D eigenvalue weighted by atomic mass is 10.4. The summed E-state index contributed by atoms with van der Waals surface area (Å²) in [6.45, 7) is 0. The zero-order valence-electron chi connectivity index (χ0n) is 3.83. The van der Waals surface area contributed by atoms with E-state index in [4.69, 9.17) is 23.2 Å². The predicted molar refractivity (Wildman–Crippen MR) is 38.8 cm³/mol. The Morgan fingerprint density at radius 3 is 2.29 bits per heavy atom. The fourth-order valence-electron chi connectivity index (χ4n) is 0.196. The molecule has 0 aliphatic carbocycles. The minimum Gasteiger partial charge on any atom is -0.125 e. The predicted octanol–water partition coefficient (Wildman–Crippen LogP) is 2.62. The van der Waals surface area contributed by atoms with Crippen LogP contribution in [0, 0.1) is 0 Å². The van der Waals surface area contributed by atoms with Crippen LogP contribution in [-0.4, -0.2) is 16.6 Å². The quantitative estimate of drug-likeness (QED) is 0.622. The van der Waals surface area contributed by atoms with Crippen LogP contribution in [0.4, 0.5) is 0 Å². The zero-order valence-corrected chi connectivity index (χ0v) is 6.93. The van der Waals surface area contributed by atoms with Gasteiger partial charge in [0, 0.05) is 16.6 Å². The van der Waals surface area contributed by atoms with Crippen molar-refractivity contribution < 1.29 is 0 Å². The largest absolute Gasteiger partial charge is 0.125 e. The van der Waals surface area contributed by atoms with Crippen LogP contribution in [0.3, 0.4) is 0 Å². The Balaban J connectivity index is 2.83. The first kappa shape index (κ1) is 8.06. The van der Waals surface area contributed by atoms with Crippen LogP contribution in [0.25, 0.3) is 0 Å². The molecule has 0 aromatic carbocycles. The maximum Gasteiger partial charge on any atom is 0.0479 e. The molecule has 0 saturated heterocycles. The minimum absolute atomic E-state index is 0.140. The fraction of sp³-hybridized carbons (Fsp3) is 1.00. The maximum atomic E-state index is 5.60. The molecule has 0 radical (unpaired) electrons. The molecule has 0 aliphatic heterocycles. The summed E-state index contributed by atoms with van der Waals surface area (Å²) in [4.78, 5) is 0. The van der Waals surface area contributed by atoms with Crippen molar-refractivity contribution in [3.8, 4) is 0 Å². The molecular formula is C4H7BrCl2. The van der Waals surface area contributed by atoms with Gasteiger partial charge in [-0.15, -0.1) is 23.2 Å². The van der Waals surface area contributed by atoms with Crippen molar-refractivity contribution in [1.82, 2.24) is 0 Å². The van der Waals surface area contributed by atoms with E-state index in [1.165, 1.54) is 0 Å². The van der Waals surface area contributed by atoms with Gasteiger partial charge < -0.3 is 0 Å². The van der Waals surface area contributed by atoms with Crippen LogP contribution in [0.5, 0.6) is 0 Å². The van der Waals surface area contributed by atoms with E-state index in [1.807, 2.05) is 0 Å². The van der Waals surface area contributed by atoms with Gasteiger partial charge in [0.1, 0.15) is 0 Å². The summed E-state index contributed by atoms with van der Waals surface area (Å²) in [5.74, 6) is 0.549. The van der Waals surface area contributed by atoms with Gasteiger partial charge in [0.25, 0.3) is 0 Å². The van der Waals surface area contributed by atoms with E-state index < -0.39 is 0 Å².